The van der Waals surface area contributed by atoms with E-state index in [0.29, 0.717) is 0 Å². The molecular formula is C54H36N2S. The summed E-state index contributed by atoms with van der Waals surface area (Å²) in [6, 6.07) is 79.4. The number of aromatic nitrogens is 1. The second-order valence-electron chi connectivity index (χ2n) is 14.5. The molecule has 3 heteroatoms. The molecule has 268 valence electrons. The van der Waals surface area contributed by atoms with Crippen molar-refractivity contribution in [1.82, 2.24) is 4.57 Å². The zero-order valence-electron chi connectivity index (χ0n) is 31.1. The van der Waals surface area contributed by atoms with Crippen LogP contribution >= 0.6 is 11.3 Å². The molecule has 57 heavy (non-hydrogen) atoms. The molecule has 11 aromatic rings. The minimum Gasteiger partial charge on any atom is -0.310 e. The molecule has 0 saturated heterocycles. The minimum atomic E-state index is 1.09. The van der Waals surface area contributed by atoms with Crippen molar-refractivity contribution >= 4 is 70.4 Å². The molecule has 0 fully saturated rings. The summed E-state index contributed by atoms with van der Waals surface area (Å²) in [6.45, 7) is 0. The highest BCUT2D eigenvalue weighted by molar-refractivity contribution is 7.25. The van der Waals surface area contributed by atoms with Gasteiger partial charge in [0.2, 0.25) is 0 Å². The van der Waals surface area contributed by atoms with Crippen molar-refractivity contribution in [3.63, 3.8) is 0 Å². The highest BCUT2D eigenvalue weighted by Gasteiger charge is 2.21. The SMILES string of the molecule is c1ccc(-c2ccc(N(c3cccc(-c4cccc5sc6ccccc6c45)c3)c3ccc4c5c(-c6ccccc6)cccc5n(-c5ccccc5)c4c3)cc2)cc1. The number of rotatable bonds is 7. The molecule has 0 amide bonds. The summed E-state index contributed by atoms with van der Waals surface area (Å²) in [5.41, 5.74) is 14.1. The first-order chi connectivity index (χ1) is 28.3. The molecule has 0 saturated carbocycles. The van der Waals surface area contributed by atoms with Gasteiger partial charge in [0.15, 0.2) is 0 Å². The summed E-state index contributed by atoms with van der Waals surface area (Å²) < 4.78 is 5.05. The normalized spacial score (nSPS) is 11.5. The fourth-order valence-corrected chi connectivity index (χ4v) is 9.75. The van der Waals surface area contributed by atoms with Crippen molar-refractivity contribution < 1.29 is 0 Å². The fourth-order valence-electron chi connectivity index (χ4n) is 8.62. The summed E-state index contributed by atoms with van der Waals surface area (Å²) in [6.07, 6.45) is 0. The van der Waals surface area contributed by atoms with Crippen LogP contribution in [0.25, 0.3) is 81.0 Å². The third-order valence-electron chi connectivity index (χ3n) is 11.2. The lowest BCUT2D eigenvalue weighted by atomic mass is 9.98. The summed E-state index contributed by atoms with van der Waals surface area (Å²) in [5.74, 6) is 0. The van der Waals surface area contributed by atoms with E-state index in [0.717, 1.165) is 28.3 Å². The van der Waals surface area contributed by atoms with Crippen molar-refractivity contribution in [1.29, 1.82) is 0 Å². The summed E-state index contributed by atoms with van der Waals surface area (Å²) in [5, 5.41) is 5.10. The van der Waals surface area contributed by atoms with Gasteiger partial charge in [0.05, 0.1) is 11.0 Å². The first-order valence-corrected chi connectivity index (χ1v) is 20.2. The standard InChI is InChI=1S/C54H36N2S/c1-4-15-37(16-5-1)38-29-31-42(32-30-38)55(43-22-12-19-40(35-43)46-25-14-28-52-54(46)48-23-10-11-27-51(48)57-52)44-33-34-47-50(36-44)56(41-20-8-3-9-21-41)49-26-13-24-45(53(47)49)39-17-6-2-7-18-39/h1-36H. The van der Waals surface area contributed by atoms with Crippen LogP contribution in [0.2, 0.25) is 0 Å². The summed E-state index contributed by atoms with van der Waals surface area (Å²) >= 11 is 1.86. The van der Waals surface area contributed by atoms with Gasteiger partial charge in [-0.2, -0.15) is 0 Å². The molecule has 9 aromatic carbocycles. The monoisotopic (exact) mass is 744 g/mol. The van der Waals surface area contributed by atoms with Crippen molar-refractivity contribution in [3.8, 4) is 39.1 Å². The lowest BCUT2D eigenvalue weighted by Gasteiger charge is -2.26. The molecular weight excluding hydrogens is 709 g/mol. The van der Waals surface area contributed by atoms with Crippen molar-refractivity contribution in [2.45, 2.75) is 0 Å². The van der Waals surface area contributed by atoms with Crippen LogP contribution in [0.4, 0.5) is 17.1 Å². The molecule has 2 nitrogen and oxygen atoms in total. The lowest BCUT2D eigenvalue weighted by molar-refractivity contribution is 1.18. The predicted octanol–water partition coefficient (Wildman–Crippen LogP) is 15.6. The Bertz CT molecular complexity index is 3220. The van der Waals surface area contributed by atoms with E-state index < -0.39 is 0 Å². The predicted molar refractivity (Wildman–Crippen MR) is 245 cm³/mol. The van der Waals surface area contributed by atoms with Crippen LogP contribution in [-0.4, -0.2) is 4.57 Å². The number of hydrogen-bond acceptors (Lipinski definition) is 2. The molecule has 0 bridgehead atoms. The molecule has 0 N–H and O–H groups in total. The van der Waals surface area contributed by atoms with Crippen LogP contribution in [0.5, 0.6) is 0 Å². The number of nitrogens with zero attached hydrogens (tertiary/aromatic N) is 2. The van der Waals surface area contributed by atoms with E-state index in [9.17, 15) is 0 Å². The zero-order chi connectivity index (χ0) is 37.7. The minimum absolute atomic E-state index is 1.09. The van der Waals surface area contributed by atoms with E-state index in [1.807, 2.05) is 11.3 Å². The molecule has 11 rings (SSSR count). The highest BCUT2D eigenvalue weighted by atomic mass is 32.1. The van der Waals surface area contributed by atoms with Gasteiger partial charge in [0, 0.05) is 53.7 Å². The topological polar surface area (TPSA) is 8.17 Å². The quantitative estimate of drug-likeness (QED) is 0.158. The van der Waals surface area contributed by atoms with Crippen LogP contribution in [0.3, 0.4) is 0 Å². The van der Waals surface area contributed by atoms with Crippen molar-refractivity contribution in [2.75, 3.05) is 4.90 Å². The maximum absolute atomic E-state index is 2.43. The van der Waals surface area contributed by atoms with Gasteiger partial charge in [0.1, 0.15) is 0 Å². The van der Waals surface area contributed by atoms with Crippen LogP contribution < -0.4 is 4.90 Å². The second kappa shape index (κ2) is 13.8. The van der Waals surface area contributed by atoms with E-state index in [2.05, 4.69) is 228 Å². The Morgan fingerprint density at radius 3 is 1.70 bits per heavy atom. The fraction of sp³-hybridized carbons (Fsp3) is 0. The Labute approximate surface area is 335 Å². The summed E-state index contributed by atoms with van der Waals surface area (Å²) in [4.78, 5) is 2.41. The maximum Gasteiger partial charge on any atom is 0.0562 e. The number of hydrogen-bond donors (Lipinski definition) is 0. The Kier molecular flexibility index (Phi) is 8.04. The van der Waals surface area contributed by atoms with Crippen molar-refractivity contribution in [3.05, 3.63) is 218 Å². The number of anilines is 3. The molecule has 0 aliphatic carbocycles. The molecule has 0 radical (unpaired) electrons. The Balaban J connectivity index is 1.14. The highest BCUT2D eigenvalue weighted by Crippen LogP contribution is 2.45. The Hall–Kier alpha value is -7.20. The van der Waals surface area contributed by atoms with Gasteiger partial charge < -0.3 is 9.47 Å². The Morgan fingerprint density at radius 1 is 0.333 bits per heavy atom. The molecule has 0 spiro atoms. The van der Waals surface area contributed by atoms with E-state index in [1.165, 1.54) is 69.8 Å². The van der Waals surface area contributed by atoms with E-state index in [-0.39, 0.29) is 0 Å². The Morgan fingerprint density at radius 2 is 0.912 bits per heavy atom. The smallest absolute Gasteiger partial charge is 0.0562 e. The first kappa shape index (κ1) is 33.2. The van der Waals surface area contributed by atoms with Gasteiger partial charge in [-0.05, 0) is 100 Å². The van der Waals surface area contributed by atoms with E-state index >= 15 is 0 Å². The van der Waals surface area contributed by atoms with Gasteiger partial charge in [-0.1, -0.05) is 152 Å². The largest absolute Gasteiger partial charge is 0.310 e. The van der Waals surface area contributed by atoms with Gasteiger partial charge in [-0.15, -0.1) is 11.3 Å². The van der Waals surface area contributed by atoms with Gasteiger partial charge in [0.25, 0.3) is 0 Å². The molecule has 0 aliphatic rings. The molecule has 0 unspecified atom stereocenters. The first-order valence-electron chi connectivity index (χ1n) is 19.4. The van der Waals surface area contributed by atoms with Crippen LogP contribution in [0, 0.1) is 0 Å². The third-order valence-corrected chi connectivity index (χ3v) is 12.3. The average molecular weight is 745 g/mol. The second-order valence-corrected chi connectivity index (χ2v) is 15.6. The number of fused-ring (bicyclic) bond motifs is 6. The molecule has 0 atom stereocenters. The third kappa shape index (κ3) is 5.71. The van der Waals surface area contributed by atoms with E-state index in [1.54, 1.807) is 0 Å². The van der Waals surface area contributed by atoms with E-state index in [4.69, 9.17) is 0 Å². The number of para-hydroxylation sites is 1. The van der Waals surface area contributed by atoms with Crippen molar-refractivity contribution in [2.24, 2.45) is 0 Å². The molecule has 2 aromatic heterocycles. The maximum atomic E-state index is 2.43. The van der Waals surface area contributed by atoms with Gasteiger partial charge >= 0.3 is 0 Å². The average Bonchev–Trinajstić information content (AvgIpc) is 3.84. The zero-order valence-corrected chi connectivity index (χ0v) is 31.9. The summed E-state index contributed by atoms with van der Waals surface area (Å²) in [7, 11) is 0. The molecule has 2 heterocycles. The molecule has 0 aliphatic heterocycles. The van der Waals surface area contributed by atoms with Crippen LogP contribution in [0.1, 0.15) is 0 Å². The van der Waals surface area contributed by atoms with Gasteiger partial charge in [-0.25, -0.2) is 0 Å². The van der Waals surface area contributed by atoms with Gasteiger partial charge in [-0.3, -0.25) is 0 Å². The number of benzene rings is 9. The number of thiophene rings is 1. The lowest BCUT2D eigenvalue weighted by Crippen LogP contribution is -2.10. The van der Waals surface area contributed by atoms with Crippen LogP contribution in [0.15, 0.2) is 218 Å². The van der Waals surface area contributed by atoms with Crippen LogP contribution in [-0.2, 0) is 0 Å².